The molecule has 0 aliphatic carbocycles. The number of anilines is 1. The molecule has 1 aliphatic rings. The number of carbonyl (C=O) groups excluding carboxylic acids is 1. The van der Waals surface area contributed by atoms with Crippen LogP contribution in [0.15, 0.2) is 29.3 Å². The van der Waals surface area contributed by atoms with E-state index in [4.69, 9.17) is 4.74 Å². The van der Waals surface area contributed by atoms with Crippen molar-refractivity contribution in [3.05, 3.63) is 29.8 Å². The highest BCUT2D eigenvalue weighted by molar-refractivity contribution is 8.14. The molecule has 0 saturated carbocycles. The van der Waals surface area contributed by atoms with E-state index in [-0.39, 0.29) is 6.10 Å². The third kappa shape index (κ3) is 3.99. The first-order chi connectivity index (χ1) is 9.04. The second-order valence-electron chi connectivity index (χ2n) is 4.75. The van der Waals surface area contributed by atoms with Crippen LogP contribution in [0.25, 0.3) is 0 Å². The van der Waals surface area contributed by atoms with Gasteiger partial charge in [-0.05, 0) is 32.9 Å². The molecule has 1 aliphatic heterocycles. The Bertz CT molecular complexity index is 483. The van der Waals surface area contributed by atoms with E-state index in [0.717, 1.165) is 22.0 Å². The number of hydrogen-bond acceptors (Lipinski definition) is 4. The Kier molecular flexibility index (Phi) is 4.47. The monoisotopic (exact) mass is 278 g/mol. The van der Waals surface area contributed by atoms with Crippen molar-refractivity contribution < 1.29 is 9.53 Å². The summed E-state index contributed by atoms with van der Waals surface area (Å²) in [6, 6.07) is 8.05. The van der Waals surface area contributed by atoms with Crippen molar-refractivity contribution in [1.29, 1.82) is 0 Å². The van der Waals surface area contributed by atoms with E-state index in [9.17, 15) is 4.79 Å². The molecule has 19 heavy (non-hydrogen) atoms. The van der Waals surface area contributed by atoms with Gasteiger partial charge in [-0.15, -0.1) is 11.8 Å². The van der Waals surface area contributed by atoms with Crippen LogP contribution in [0, 0.1) is 0 Å². The number of ether oxygens (including phenoxy) is 1. The molecule has 1 amide bonds. The average molecular weight is 278 g/mol. The van der Waals surface area contributed by atoms with Crippen molar-refractivity contribution in [1.82, 2.24) is 0 Å². The Morgan fingerprint density at radius 3 is 2.63 bits per heavy atom. The van der Waals surface area contributed by atoms with Gasteiger partial charge in [-0.3, -0.25) is 10.3 Å². The Hall–Kier alpha value is -1.49. The van der Waals surface area contributed by atoms with Crippen molar-refractivity contribution in [2.24, 2.45) is 4.99 Å². The smallest absolute Gasteiger partial charge is 0.411 e. The fraction of sp³-hybridized carbons (Fsp3) is 0.429. The molecule has 4 nitrogen and oxygen atoms in total. The van der Waals surface area contributed by atoms with Gasteiger partial charge in [0.05, 0.1) is 17.2 Å². The Labute approximate surface area is 117 Å². The molecule has 1 atom stereocenters. The predicted octanol–water partition coefficient (Wildman–Crippen LogP) is 3.53. The van der Waals surface area contributed by atoms with Gasteiger partial charge in [-0.1, -0.05) is 12.1 Å². The summed E-state index contributed by atoms with van der Waals surface area (Å²) in [5, 5.41) is 3.76. The highest BCUT2D eigenvalue weighted by Gasteiger charge is 2.15. The number of thioether (sulfide) groups is 1. The minimum atomic E-state index is -0.427. The number of amides is 1. The van der Waals surface area contributed by atoms with Gasteiger partial charge in [0, 0.05) is 17.0 Å². The van der Waals surface area contributed by atoms with E-state index in [1.54, 1.807) is 11.8 Å². The molecule has 5 heteroatoms. The highest BCUT2D eigenvalue weighted by atomic mass is 32.2. The van der Waals surface area contributed by atoms with Crippen molar-refractivity contribution in [3.63, 3.8) is 0 Å². The zero-order valence-corrected chi connectivity index (χ0v) is 12.2. The largest absolute Gasteiger partial charge is 0.447 e. The standard InChI is InChI=1S/C14H18N2O2S/c1-9(2)18-14(17)16-12-6-4-11(5-7-12)13-15-10(3)8-19-13/h4-7,9-10H,8H2,1-3H3,(H,16,17). The van der Waals surface area contributed by atoms with Crippen LogP contribution < -0.4 is 5.32 Å². The number of carbonyl (C=O) groups is 1. The van der Waals surface area contributed by atoms with Crippen LogP contribution >= 0.6 is 11.8 Å². The minimum Gasteiger partial charge on any atom is -0.447 e. The van der Waals surface area contributed by atoms with Crippen LogP contribution in [-0.4, -0.2) is 29.0 Å². The Morgan fingerprint density at radius 2 is 2.11 bits per heavy atom. The summed E-state index contributed by atoms with van der Waals surface area (Å²) in [7, 11) is 0. The first-order valence-electron chi connectivity index (χ1n) is 6.33. The van der Waals surface area contributed by atoms with Crippen LogP contribution in [-0.2, 0) is 4.74 Å². The third-order valence-corrected chi connectivity index (χ3v) is 3.78. The molecule has 0 saturated heterocycles. The number of benzene rings is 1. The lowest BCUT2D eigenvalue weighted by Gasteiger charge is -2.09. The maximum Gasteiger partial charge on any atom is 0.411 e. The summed E-state index contributed by atoms with van der Waals surface area (Å²) in [5.74, 6) is 1.04. The molecular weight excluding hydrogens is 260 g/mol. The van der Waals surface area contributed by atoms with Gasteiger partial charge in [-0.2, -0.15) is 0 Å². The third-order valence-electron chi connectivity index (χ3n) is 2.52. The normalized spacial score (nSPS) is 18.3. The van der Waals surface area contributed by atoms with Crippen LogP contribution in [0.5, 0.6) is 0 Å². The molecule has 2 rings (SSSR count). The number of aliphatic imine (C=N–C) groups is 1. The Balaban J connectivity index is 1.99. The minimum absolute atomic E-state index is 0.120. The number of hydrogen-bond donors (Lipinski definition) is 1. The second kappa shape index (κ2) is 6.10. The molecule has 102 valence electrons. The molecule has 0 radical (unpaired) electrons. The highest BCUT2D eigenvalue weighted by Crippen LogP contribution is 2.24. The lowest BCUT2D eigenvalue weighted by Crippen LogP contribution is -2.17. The molecule has 1 N–H and O–H groups in total. The summed E-state index contributed by atoms with van der Waals surface area (Å²) >= 11 is 1.77. The van der Waals surface area contributed by atoms with Crippen LogP contribution in [0.2, 0.25) is 0 Å². The fourth-order valence-electron chi connectivity index (χ4n) is 1.69. The van der Waals surface area contributed by atoms with Gasteiger partial charge in [0.1, 0.15) is 0 Å². The van der Waals surface area contributed by atoms with Crippen LogP contribution in [0.4, 0.5) is 10.5 Å². The van der Waals surface area contributed by atoms with E-state index in [0.29, 0.717) is 6.04 Å². The van der Waals surface area contributed by atoms with Crippen molar-refractivity contribution in [3.8, 4) is 0 Å². The van der Waals surface area contributed by atoms with E-state index >= 15 is 0 Å². The molecule has 1 aromatic rings. The lowest BCUT2D eigenvalue weighted by atomic mass is 10.2. The van der Waals surface area contributed by atoms with Gasteiger partial charge in [0.25, 0.3) is 0 Å². The van der Waals surface area contributed by atoms with Gasteiger partial charge in [0.15, 0.2) is 0 Å². The van der Waals surface area contributed by atoms with E-state index in [1.165, 1.54) is 0 Å². The molecule has 0 fully saturated rings. The zero-order chi connectivity index (χ0) is 13.8. The number of rotatable bonds is 3. The summed E-state index contributed by atoms with van der Waals surface area (Å²) < 4.78 is 5.02. The number of nitrogens with one attached hydrogen (secondary N) is 1. The maximum absolute atomic E-state index is 11.4. The van der Waals surface area contributed by atoms with Gasteiger partial charge in [-0.25, -0.2) is 4.79 Å². The summed E-state index contributed by atoms with van der Waals surface area (Å²) in [4.78, 5) is 16.0. The summed E-state index contributed by atoms with van der Waals surface area (Å²) in [6.07, 6.45) is -0.547. The van der Waals surface area contributed by atoms with Crippen LogP contribution in [0.1, 0.15) is 26.3 Å². The Morgan fingerprint density at radius 1 is 1.42 bits per heavy atom. The van der Waals surface area contributed by atoms with Crippen molar-refractivity contribution >= 4 is 28.6 Å². The van der Waals surface area contributed by atoms with Gasteiger partial charge in [0.2, 0.25) is 0 Å². The average Bonchev–Trinajstić information content (AvgIpc) is 2.75. The molecule has 0 spiro atoms. The topological polar surface area (TPSA) is 50.7 Å². The van der Waals surface area contributed by atoms with Gasteiger partial charge >= 0.3 is 6.09 Å². The second-order valence-corrected chi connectivity index (χ2v) is 5.76. The molecule has 1 heterocycles. The summed E-state index contributed by atoms with van der Waals surface area (Å²) in [5.41, 5.74) is 1.82. The molecule has 0 bridgehead atoms. The SMILES string of the molecule is CC1CSC(c2ccc(NC(=O)OC(C)C)cc2)=N1. The molecule has 1 unspecified atom stereocenters. The molecular formula is C14H18N2O2S. The van der Waals surface area contributed by atoms with Crippen molar-refractivity contribution in [2.45, 2.75) is 32.9 Å². The van der Waals surface area contributed by atoms with Gasteiger partial charge < -0.3 is 4.74 Å². The first-order valence-corrected chi connectivity index (χ1v) is 7.32. The number of nitrogens with zero attached hydrogens (tertiary/aromatic N) is 1. The lowest BCUT2D eigenvalue weighted by molar-refractivity contribution is 0.130. The summed E-state index contributed by atoms with van der Waals surface area (Å²) in [6.45, 7) is 5.75. The quantitative estimate of drug-likeness (QED) is 0.920. The maximum atomic E-state index is 11.4. The van der Waals surface area contributed by atoms with E-state index < -0.39 is 6.09 Å². The fourth-order valence-corrected chi connectivity index (χ4v) is 2.72. The predicted molar refractivity (Wildman–Crippen MR) is 80.1 cm³/mol. The molecule has 0 aromatic heterocycles. The first kappa shape index (κ1) is 13.9. The zero-order valence-electron chi connectivity index (χ0n) is 11.3. The van der Waals surface area contributed by atoms with Crippen LogP contribution in [0.3, 0.4) is 0 Å². The molecule has 1 aromatic carbocycles. The van der Waals surface area contributed by atoms with E-state index in [1.807, 2.05) is 38.1 Å². The van der Waals surface area contributed by atoms with Crippen molar-refractivity contribution in [2.75, 3.05) is 11.1 Å². The van der Waals surface area contributed by atoms with E-state index in [2.05, 4.69) is 17.2 Å².